The quantitative estimate of drug-likeness (QED) is 0.377. The van der Waals surface area contributed by atoms with Crippen LogP contribution in [0.4, 0.5) is 18.9 Å². The number of hydrogen-bond acceptors (Lipinski definition) is 4. The Morgan fingerprint density at radius 2 is 1.29 bits per heavy atom. The Bertz CT molecular complexity index is 908. The molecule has 0 bridgehead atoms. The predicted octanol–water partition coefficient (Wildman–Crippen LogP) is 5.89. The van der Waals surface area contributed by atoms with Gasteiger partial charge in [-0.1, -0.05) is 42.5 Å². The molecule has 0 spiro atoms. The van der Waals surface area contributed by atoms with Gasteiger partial charge >= 0.3 is 13.9 Å². The molecule has 2 N–H and O–H groups in total. The Kier molecular flexibility index (Phi) is 5.92. The van der Waals surface area contributed by atoms with Crippen LogP contribution in [-0.2, 0) is 10.7 Å². The van der Waals surface area contributed by atoms with Gasteiger partial charge in [-0.3, -0.25) is 0 Å². The van der Waals surface area contributed by atoms with E-state index in [0.29, 0.717) is 0 Å². The average molecular weight is 408 g/mol. The summed E-state index contributed by atoms with van der Waals surface area (Å²) in [6, 6.07) is 21.0. The zero-order valence-electron chi connectivity index (χ0n) is 14.4. The van der Waals surface area contributed by atoms with Crippen molar-refractivity contribution in [2.24, 2.45) is 0 Å². The average Bonchev–Trinajstić information content (AvgIpc) is 2.68. The van der Waals surface area contributed by atoms with Gasteiger partial charge in [0.05, 0.1) is 5.56 Å². The largest absolute Gasteiger partial charge is 0.530 e. The number of para-hydroxylation sites is 2. The third-order valence-corrected chi connectivity index (χ3v) is 4.75. The van der Waals surface area contributed by atoms with Crippen LogP contribution in [-0.4, -0.2) is 0 Å². The van der Waals surface area contributed by atoms with Crippen molar-refractivity contribution in [3.8, 4) is 11.5 Å². The molecule has 3 aromatic rings. The monoisotopic (exact) mass is 408 g/mol. The van der Waals surface area contributed by atoms with Gasteiger partial charge in [0.1, 0.15) is 11.5 Å². The maximum atomic E-state index is 13.2. The zero-order chi connectivity index (χ0) is 20.0. The number of rotatable bonds is 7. The molecule has 0 heterocycles. The van der Waals surface area contributed by atoms with Crippen LogP contribution in [0.15, 0.2) is 84.9 Å². The number of anilines is 1. The molecule has 0 aliphatic carbocycles. The second kappa shape index (κ2) is 8.37. The summed E-state index contributed by atoms with van der Waals surface area (Å²) >= 11 is 0. The summed E-state index contributed by atoms with van der Waals surface area (Å²) in [5, 5.41) is 2.38. The molecule has 0 fully saturated rings. The highest BCUT2D eigenvalue weighted by atomic mass is 31.2. The minimum atomic E-state index is -4.50. The number of hydrogen-bond donors (Lipinski definition) is 2. The van der Waals surface area contributed by atoms with E-state index in [2.05, 4.69) is 10.6 Å². The lowest BCUT2D eigenvalue weighted by molar-refractivity contribution is -0.137. The lowest BCUT2D eigenvalue weighted by Crippen LogP contribution is -2.24. The molecule has 0 radical (unpaired) electrons. The third-order valence-electron chi connectivity index (χ3n) is 3.46. The maximum Gasteiger partial charge on any atom is 0.530 e. The van der Waals surface area contributed by atoms with Crippen LogP contribution in [0.2, 0.25) is 0 Å². The van der Waals surface area contributed by atoms with Gasteiger partial charge in [-0.15, -0.1) is 5.20 Å². The molecule has 3 rings (SSSR count). The SMILES string of the molecule is O=P(NNc1cccc(C(F)(F)F)c1)(Oc1ccccc1)Oc1ccccc1. The molecule has 0 aliphatic rings. The van der Waals surface area contributed by atoms with E-state index in [0.717, 1.165) is 12.1 Å². The van der Waals surface area contributed by atoms with Crippen LogP contribution in [0.1, 0.15) is 5.56 Å². The lowest BCUT2D eigenvalue weighted by atomic mass is 10.2. The van der Waals surface area contributed by atoms with Crippen LogP contribution in [0, 0.1) is 0 Å². The first-order valence-corrected chi connectivity index (χ1v) is 9.68. The fourth-order valence-corrected chi connectivity index (χ4v) is 3.40. The molecule has 0 saturated carbocycles. The van der Waals surface area contributed by atoms with Gasteiger partial charge in [0.25, 0.3) is 0 Å². The first-order valence-electron chi connectivity index (χ1n) is 8.14. The standard InChI is InChI=1S/C19H16F3N2O3P/c20-19(21,22)15-8-7-9-16(14-15)23-24-28(25,26-17-10-3-1-4-11-17)27-18-12-5-2-6-13-18/h1-14,23H,(H,24,25). The summed E-state index contributed by atoms with van der Waals surface area (Å²) in [5.41, 5.74) is 1.67. The highest BCUT2D eigenvalue weighted by Crippen LogP contribution is 2.44. The Morgan fingerprint density at radius 1 is 0.750 bits per heavy atom. The van der Waals surface area contributed by atoms with E-state index < -0.39 is 19.5 Å². The van der Waals surface area contributed by atoms with Gasteiger partial charge < -0.3 is 14.5 Å². The second-order valence-electron chi connectivity index (χ2n) is 5.62. The predicted molar refractivity (Wildman–Crippen MR) is 99.9 cm³/mol. The van der Waals surface area contributed by atoms with Crippen molar-refractivity contribution < 1.29 is 26.8 Å². The molecule has 28 heavy (non-hydrogen) atoms. The fourth-order valence-electron chi connectivity index (χ4n) is 2.21. The maximum absolute atomic E-state index is 13.2. The number of nitrogens with one attached hydrogen (secondary N) is 2. The summed E-state index contributed by atoms with van der Waals surface area (Å²) in [6.07, 6.45) is -4.50. The van der Waals surface area contributed by atoms with E-state index in [9.17, 15) is 17.7 Å². The normalized spacial score (nSPS) is 11.7. The molecule has 0 aliphatic heterocycles. The number of halogens is 3. The molecule has 9 heteroatoms. The Morgan fingerprint density at radius 3 is 1.79 bits per heavy atom. The number of hydrazine groups is 1. The molecule has 0 amide bonds. The molecule has 0 unspecified atom stereocenters. The molecule has 3 aromatic carbocycles. The number of alkyl halides is 3. The minimum absolute atomic E-state index is 0.0448. The topological polar surface area (TPSA) is 59.6 Å². The van der Waals surface area contributed by atoms with E-state index >= 15 is 0 Å². The summed E-state index contributed by atoms with van der Waals surface area (Å²) in [6.45, 7) is 0. The van der Waals surface area contributed by atoms with Crippen molar-refractivity contribution in [1.82, 2.24) is 5.20 Å². The van der Waals surface area contributed by atoms with E-state index in [1.807, 2.05) is 0 Å². The Balaban J connectivity index is 1.80. The molecule has 146 valence electrons. The molecule has 0 saturated heterocycles. The van der Waals surface area contributed by atoms with E-state index in [1.54, 1.807) is 60.7 Å². The molecule has 0 atom stereocenters. The molecule has 5 nitrogen and oxygen atoms in total. The van der Waals surface area contributed by atoms with Gasteiger partial charge in [0.2, 0.25) is 0 Å². The lowest BCUT2D eigenvalue weighted by Gasteiger charge is -2.21. The van der Waals surface area contributed by atoms with Crippen molar-refractivity contribution in [2.75, 3.05) is 5.43 Å². The Labute approximate surface area is 159 Å². The van der Waals surface area contributed by atoms with Gasteiger partial charge in [-0.2, -0.15) is 13.2 Å². The van der Waals surface area contributed by atoms with E-state index in [1.165, 1.54) is 12.1 Å². The molecular formula is C19H16F3N2O3P. The van der Waals surface area contributed by atoms with Crippen LogP contribution in [0.3, 0.4) is 0 Å². The number of benzene rings is 3. The van der Waals surface area contributed by atoms with Crippen molar-refractivity contribution >= 4 is 13.4 Å². The first kappa shape index (κ1) is 19.8. The third kappa shape index (κ3) is 5.52. The fraction of sp³-hybridized carbons (Fsp3) is 0.0526. The van der Waals surface area contributed by atoms with Crippen LogP contribution >= 0.6 is 7.75 Å². The first-order chi connectivity index (χ1) is 13.3. The van der Waals surface area contributed by atoms with Crippen molar-refractivity contribution in [3.63, 3.8) is 0 Å². The van der Waals surface area contributed by atoms with Gasteiger partial charge in [-0.05, 0) is 42.5 Å². The van der Waals surface area contributed by atoms with Crippen LogP contribution < -0.4 is 19.7 Å². The summed E-state index contributed by atoms with van der Waals surface area (Å²) in [7, 11) is -4.03. The van der Waals surface area contributed by atoms with Crippen molar-refractivity contribution in [3.05, 3.63) is 90.5 Å². The summed E-state index contributed by atoms with van der Waals surface area (Å²) < 4.78 is 62.7. The van der Waals surface area contributed by atoms with Crippen molar-refractivity contribution in [1.29, 1.82) is 0 Å². The second-order valence-corrected chi connectivity index (χ2v) is 7.21. The van der Waals surface area contributed by atoms with Gasteiger partial charge in [0, 0.05) is 5.69 Å². The summed E-state index contributed by atoms with van der Waals surface area (Å²) in [4.78, 5) is 0. The minimum Gasteiger partial charge on any atom is -0.404 e. The van der Waals surface area contributed by atoms with Gasteiger partial charge in [0.15, 0.2) is 0 Å². The van der Waals surface area contributed by atoms with E-state index in [-0.39, 0.29) is 17.2 Å². The zero-order valence-corrected chi connectivity index (χ0v) is 15.3. The van der Waals surface area contributed by atoms with Gasteiger partial charge in [-0.25, -0.2) is 4.57 Å². The summed E-state index contributed by atoms with van der Waals surface area (Å²) in [5.74, 6) is 0.528. The van der Waals surface area contributed by atoms with E-state index in [4.69, 9.17) is 9.05 Å². The Hall–Kier alpha value is -2.96. The highest BCUT2D eigenvalue weighted by molar-refractivity contribution is 7.52. The molecule has 0 aromatic heterocycles. The van der Waals surface area contributed by atoms with Crippen molar-refractivity contribution in [2.45, 2.75) is 6.18 Å². The highest BCUT2D eigenvalue weighted by Gasteiger charge is 2.31. The van der Waals surface area contributed by atoms with Crippen LogP contribution in [0.25, 0.3) is 0 Å². The molecular weight excluding hydrogens is 392 g/mol. The van der Waals surface area contributed by atoms with Crippen LogP contribution in [0.5, 0.6) is 11.5 Å². The smallest absolute Gasteiger partial charge is 0.404 e.